The lowest BCUT2D eigenvalue weighted by Crippen LogP contribution is -2.30. The monoisotopic (exact) mass is 603 g/mol. The second-order valence-electron chi connectivity index (χ2n) is 9.06. The molecule has 4 aromatic rings. The van der Waals surface area contributed by atoms with Crippen molar-refractivity contribution in [2.75, 3.05) is 10.6 Å². The number of amides is 3. The SMILES string of the molecule is Cc1ccccc1NC(=O)C(C)Sc1cccc(NC(=O)/C(=C\c2c(Cl)cccc2Cl)NC(=O)c2ccccc2)c1. The molecule has 3 N–H and O–H groups in total. The molecule has 0 spiro atoms. The Morgan fingerprint density at radius 1 is 0.805 bits per heavy atom. The molecule has 0 fully saturated rings. The predicted molar refractivity (Wildman–Crippen MR) is 169 cm³/mol. The molecule has 6 nitrogen and oxygen atoms in total. The van der Waals surface area contributed by atoms with Gasteiger partial charge in [-0.25, -0.2) is 0 Å². The molecule has 3 amide bonds. The number of rotatable bonds is 9. The van der Waals surface area contributed by atoms with E-state index in [1.807, 2.05) is 44.2 Å². The highest BCUT2D eigenvalue weighted by molar-refractivity contribution is 8.00. The minimum atomic E-state index is -0.572. The standard InChI is InChI=1S/C32H27Cl2N3O3S/c1-20-10-6-7-17-28(20)36-30(38)21(2)41-24-14-8-13-23(18-24)35-32(40)29(19-25-26(33)15-9-16-27(25)34)37-31(39)22-11-4-3-5-12-22/h3-19,21H,1-2H3,(H,35,40)(H,36,38)(H,37,39)/b29-19+. The fourth-order valence-corrected chi connectivity index (χ4v) is 5.22. The fourth-order valence-electron chi connectivity index (χ4n) is 3.79. The molecule has 0 saturated heterocycles. The lowest BCUT2D eigenvalue weighted by molar-refractivity contribution is -0.115. The summed E-state index contributed by atoms with van der Waals surface area (Å²) in [5.41, 5.74) is 2.96. The van der Waals surface area contributed by atoms with Crippen molar-refractivity contribution in [3.8, 4) is 0 Å². The number of thioether (sulfide) groups is 1. The van der Waals surface area contributed by atoms with Crippen LogP contribution in [0.1, 0.15) is 28.4 Å². The number of benzene rings is 4. The molecule has 4 aromatic carbocycles. The highest BCUT2D eigenvalue weighted by Crippen LogP contribution is 2.29. The second-order valence-corrected chi connectivity index (χ2v) is 11.3. The number of carbonyl (C=O) groups excluding carboxylic acids is 3. The van der Waals surface area contributed by atoms with E-state index in [0.29, 0.717) is 26.9 Å². The van der Waals surface area contributed by atoms with Gasteiger partial charge in [0.25, 0.3) is 11.8 Å². The highest BCUT2D eigenvalue weighted by Gasteiger charge is 2.18. The van der Waals surface area contributed by atoms with E-state index >= 15 is 0 Å². The zero-order valence-electron chi connectivity index (χ0n) is 22.3. The lowest BCUT2D eigenvalue weighted by Gasteiger charge is -2.15. The molecule has 0 aromatic heterocycles. The largest absolute Gasteiger partial charge is 0.325 e. The van der Waals surface area contributed by atoms with Crippen LogP contribution in [0.2, 0.25) is 10.0 Å². The van der Waals surface area contributed by atoms with Crippen LogP contribution in [0, 0.1) is 6.92 Å². The first kappa shape index (κ1) is 29.9. The summed E-state index contributed by atoms with van der Waals surface area (Å²) in [6.07, 6.45) is 1.44. The van der Waals surface area contributed by atoms with Gasteiger partial charge in [0.1, 0.15) is 5.70 Å². The van der Waals surface area contributed by atoms with Gasteiger partial charge in [0.2, 0.25) is 5.91 Å². The number of carbonyl (C=O) groups is 3. The van der Waals surface area contributed by atoms with E-state index in [9.17, 15) is 14.4 Å². The summed E-state index contributed by atoms with van der Waals surface area (Å²) in [5, 5.41) is 8.72. The molecular formula is C32H27Cl2N3O3S. The zero-order chi connectivity index (χ0) is 29.4. The van der Waals surface area contributed by atoms with E-state index in [2.05, 4.69) is 16.0 Å². The van der Waals surface area contributed by atoms with Crippen LogP contribution in [-0.2, 0) is 9.59 Å². The van der Waals surface area contributed by atoms with Gasteiger partial charge in [-0.05, 0) is 74.0 Å². The number of halogens is 2. The van der Waals surface area contributed by atoms with Crippen molar-refractivity contribution in [3.63, 3.8) is 0 Å². The van der Waals surface area contributed by atoms with Gasteiger partial charge < -0.3 is 16.0 Å². The van der Waals surface area contributed by atoms with Crippen molar-refractivity contribution in [3.05, 3.63) is 129 Å². The molecule has 0 radical (unpaired) electrons. The van der Waals surface area contributed by atoms with Gasteiger partial charge in [-0.2, -0.15) is 0 Å². The number of aryl methyl sites for hydroxylation is 1. The van der Waals surface area contributed by atoms with Gasteiger partial charge in [0.05, 0.1) is 5.25 Å². The van der Waals surface area contributed by atoms with Crippen molar-refractivity contribution < 1.29 is 14.4 Å². The van der Waals surface area contributed by atoms with Crippen molar-refractivity contribution in [2.24, 2.45) is 0 Å². The normalized spacial score (nSPS) is 11.9. The molecule has 1 atom stereocenters. The summed E-state index contributed by atoms with van der Waals surface area (Å²) in [6, 6.07) is 28.2. The van der Waals surface area contributed by atoms with Gasteiger partial charge in [-0.3, -0.25) is 14.4 Å². The summed E-state index contributed by atoms with van der Waals surface area (Å²) < 4.78 is 0. The van der Waals surface area contributed by atoms with Crippen molar-refractivity contribution in [1.82, 2.24) is 5.32 Å². The Bertz CT molecular complexity index is 1590. The molecule has 0 bridgehead atoms. The topological polar surface area (TPSA) is 87.3 Å². The maximum atomic E-state index is 13.4. The minimum Gasteiger partial charge on any atom is -0.325 e. The van der Waals surface area contributed by atoms with E-state index in [0.717, 1.165) is 16.1 Å². The summed E-state index contributed by atoms with van der Waals surface area (Å²) in [4.78, 5) is 39.9. The maximum absolute atomic E-state index is 13.4. The molecular weight excluding hydrogens is 577 g/mol. The Morgan fingerprint density at radius 2 is 1.46 bits per heavy atom. The quantitative estimate of drug-likeness (QED) is 0.134. The first-order valence-corrected chi connectivity index (χ1v) is 14.3. The van der Waals surface area contributed by atoms with E-state index in [1.165, 1.54) is 17.8 Å². The maximum Gasteiger partial charge on any atom is 0.272 e. The Balaban J connectivity index is 1.52. The molecule has 4 rings (SSSR count). The third kappa shape index (κ3) is 8.24. The molecule has 9 heteroatoms. The van der Waals surface area contributed by atoms with Gasteiger partial charge in [0, 0.05) is 37.4 Å². The summed E-state index contributed by atoms with van der Waals surface area (Å²) in [7, 11) is 0. The Labute approximate surface area is 253 Å². The van der Waals surface area contributed by atoms with Crippen LogP contribution in [0.25, 0.3) is 6.08 Å². The molecule has 208 valence electrons. The van der Waals surface area contributed by atoms with Gasteiger partial charge in [-0.1, -0.05) is 71.7 Å². The average Bonchev–Trinajstić information content (AvgIpc) is 2.96. The van der Waals surface area contributed by atoms with Crippen LogP contribution in [0.5, 0.6) is 0 Å². The molecule has 1 unspecified atom stereocenters. The molecule has 0 heterocycles. The van der Waals surface area contributed by atoms with E-state index in [-0.39, 0.29) is 11.6 Å². The Kier molecular flexibility index (Phi) is 10.2. The first-order chi connectivity index (χ1) is 19.7. The summed E-state index contributed by atoms with van der Waals surface area (Å²) >= 11 is 14.0. The molecule has 0 aliphatic heterocycles. The van der Waals surface area contributed by atoms with Crippen LogP contribution in [-0.4, -0.2) is 23.0 Å². The van der Waals surface area contributed by atoms with Crippen molar-refractivity contribution in [2.45, 2.75) is 24.0 Å². The molecule has 41 heavy (non-hydrogen) atoms. The molecule has 0 saturated carbocycles. The average molecular weight is 605 g/mol. The fraction of sp³-hybridized carbons (Fsp3) is 0.0938. The number of hydrogen-bond acceptors (Lipinski definition) is 4. The zero-order valence-corrected chi connectivity index (χ0v) is 24.6. The van der Waals surface area contributed by atoms with E-state index in [1.54, 1.807) is 66.7 Å². The summed E-state index contributed by atoms with van der Waals surface area (Å²) in [5.74, 6) is -1.17. The molecule has 0 aliphatic rings. The predicted octanol–water partition coefficient (Wildman–Crippen LogP) is 7.83. The van der Waals surface area contributed by atoms with Crippen LogP contribution >= 0.6 is 35.0 Å². The smallest absolute Gasteiger partial charge is 0.272 e. The number of para-hydroxylation sites is 1. The highest BCUT2D eigenvalue weighted by atomic mass is 35.5. The third-order valence-electron chi connectivity index (χ3n) is 5.99. The van der Waals surface area contributed by atoms with Gasteiger partial charge >= 0.3 is 0 Å². The van der Waals surface area contributed by atoms with Crippen LogP contribution in [0.15, 0.2) is 108 Å². The van der Waals surface area contributed by atoms with Gasteiger partial charge in [-0.15, -0.1) is 11.8 Å². The Morgan fingerprint density at radius 3 is 2.17 bits per heavy atom. The minimum absolute atomic E-state index is 0.0436. The van der Waals surface area contributed by atoms with Crippen LogP contribution in [0.3, 0.4) is 0 Å². The van der Waals surface area contributed by atoms with E-state index < -0.39 is 17.1 Å². The van der Waals surface area contributed by atoms with Crippen molar-refractivity contribution >= 4 is 70.1 Å². The van der Waals surface area contributed by atoms with E-state index in [4.69, 9.17) is 23.2 Å². The number of hydrogen-bond donors (Lipinski definition) is 3. The first-order valence-electron chi connectivity index (χ1n) is 12.7. The molecule has 0 aliphatic carbocycles. The van der Waals surface area contributed by atoms with Crippen LogP contribution < -0.4 is 16.0 Å². The second kappa shape index (κ2) is 14.0. The lowest BCUT2D eigenvalue weighted by atomic mass is 10.1. The number of nitrogens with one attached hydrogen (secondary N) is 3. The Hall–Kier alpha value is -4.04. The number of anilines is 2. The van der Waals surface area contributed by atoms with Crippen molar-refractivity contribution in [1.29, 1.82) is 0 Å². The van der Waals surface area contributed by atoms with Crippen LogP contribution in [0.4, 0.5) is 11.4 Å². The summed E-state index contributed by atoms with van der Waals surface area (Å²) in [6.45, 7) is 3.75. The third-order valence-corrected chi connectivity index (χ3v) is 7.75. The van der Waals surface area contributed by atoms with Gasteiger partial charge in [0.15, 0.2) is 0 Å².